The highest BCUT2D eigenvalue weighted by molar-refractivity contribution is 5.92. The van der Waals surface area contributed by atoms with Crippen molar-refractivity contribution in [3.8, 4) is 0 Å². The maximum Gasteiger partial charge on any atom is 0.269 e. The second-order valence-electron chi connectivity index (χ2n) is 7.18. The summed E-state index contributed by atoms with van der Waals surface area (Å²) in [5.41, 5.74) is 1.66. The number of rotatable bonds is 6. The molecule has 0 spiro atoms. The Kier molecular flexibility index (Phi) is 6.09. The van der Waals surface area contributed by atoms with Crippen LogP contribution in [-0.4, -0.2) is 73.2 Å². The van der Waals surface area contributed by atoms with Gasteiger partial charge in [0.2, 0.25) is 0 Å². The van der Waals surface area contributed by atoms with Crippen molar-refractivity contribution in [2.24, 2.45) is 12.5 Å². The van der Waals surface area contributed by atoms with E-state index in [2.05, 4.69) is 15.3 Å². The van der Waals surface area contributed by atoms with E-state index in [1.807, 2.05) is 20.0 Å². The zero-order valence-electron chi connectivity index (χ0n) is 15.4. The first kappa shape index (κ1) is 18.4. The van der Waals surface area contributed by atoms with Crippen molar-refractivity contribution in [3.05, 3.63) is 17.5 Å². The number of nitrogens with one attached hydrogen (secondary N) is 1. The molecule has 2 fully saturated rings. The van der Waals surface area contributed by atoms with E-state index in [-0.39, 0.29) is 11.3 Å². The van der Waals surface area contributed by atoms with E-state index in [4.69, 9.17) is 9.47 Å². The van der Waals surface area contributed by atoms with E-state index in [9.17, 15) is 4.79 Å². The van der Waals surface area contributed by atoms with Gasteiger partial charge in [0.25, 0.3) is 5.91 Å². The van der Waals surface area contributed by atoms with Crippen molar-refractivity contribution >= 4 is 5.91 Å². The zero-order chi connectivity index (χ0) is 17.7. The Labute approximate surface area is 149 Å². The molecule has 0 aliphatic carbocycles. The number of ether oxygens (including phenoxy) is 2. The van der Waals surface area contributed by atoms with Crippen LogP contribution < -0.4 is 5.32 Å². The lowest BCUT2D eigenvalue weighted by Gasteiger charge is -2.42. The Morgan fingerprint density at radius 1 is 1.24 bits per heavy atom. The molecular formula is C18H30N4O3. The number of morpholine rings is 1. The summed E-state index contributed by atoms with van der Waals surface area (Å²) in [6.45, 7) is 8.80. The first-order valence-corrected chi connectivity index (χ1v) is 9.31. The topological polar surface area (TPSA) is 68.6 Å². The molecule has 2 aliphatic rings. The van der Waals surface area contributed by atoms with Gasteiger partial charge in [-0.05, 0) is 25.3 Å². The third-order valence-corrected chi connectivity index (χ3v) is 5.37. The lowest BCUT2D eigenvalue weighted by molar-refractivity contribution is -0.0283. The summed E-state index contributed by atoms with van der Waals surface area (Å²) in [5, 5.41) is 7.53. The first-order valence-electron chi connectivity index (χ1n) is 9.31. The Morgan fingerprint density at radius 3 is 2.56 bits per heavy atom. The van der Waals surface area contributed by atoms with Gasteiger partial charge < -0.3 is 14.8 Å². The van der Waals surface area contributed by atoms with Crippen molar-refractivity contribution in [2.75, 3.05) is 52.6 Å². The standard InChI is InChI=1S/C18H30N4O3/c1-3-15-12-16(21(2)20-15)17(23)19-13-18(4-8-24-9-5-18)14-22-6-10-25-11-7-22/h12H,3-11,13-14H2,1-2H3,(H,19,23). The highest BCUT2D eigenvalue weighted by atomic mass is 16.5. The Morgan fingerprint density at radius 2 is 1.92 bits per heavy atom. The van der Waals surface area contributed by atoms with Crippen LogP contribution in [0.15, 0.2) is 6.07 Å². The molecule has 1 amide bonds. The van der Waals surface area contributed by atoms with Crippen LogP contribution in [0.25, 0.3) is 0 Å². The maximum atomic E-state index is 12.6. The van der Waals surface area contributed by atoms with Crippen molar-refractivity contribution in [1.29, 1.82) is 0 Å². The predicted octanol–water partition coefficient (Wildman–Crippen LogP) is 0.841. The van der Waals surface area contributed by atoms with Crippen molar-refractivity contribution in [3.63, 3.8) is 0 Å². The van der Waals surface area contributed by atoms with Gasteiger partial charge in [-0.3, -0.25) is 14.4 Å². The Balaban J connectivity index is 1.63. The number of carbonyl (C=O) groups excluding carboxylic acids is 1. The van der Waals surface area contributed by atoms with Crippen LogP contribution in [0.5, 0.6) is 0 Å². The molecule has 25 heavy (non-hydrogen) atoms. The maximum absolute atomic E-state index is 12.6. The van der Waals surface area contributed by atoms with Crippen molar-refractivity contribution in [1.82, 2.24) is 20.0 Å². The summed E-state index contributed by atoms with van der Waals surface area (Å²) in [6.07, 6.45) is 2.80. The fraction of sp³-hybridized carbons (Fsp3) is 0.778. The summed E-state index contributed by atoms with van der Waals surface area (Å²) in [6, 6.07) is 1.88. The lowest BCUT2D eigenvalue weighted by atomic mass is 9.79. The van der Waals surface area contributed by atoms with Crippen LogP contribution in [0.3, 0.4) is 0 Å². The number of aromatic nitrogens is 2. The SMILES string of the molecule is CCc1cc(C(=O)NCC2(CN3CCOCC3)CCOCC2)n(C)n1. The van der Waals surface area contributed by atoms with E-state index in [0.29, 0.717) is 12.2 Å². The monoisotopic (exact) mass is 350 g/mol. The molecule has 7 nitrogen and oxygen atoms in total. The van der Waals surface area contributed by atoms with Crippen LogP contribution in [0, 0.1) is 5.41 Å². The van der Waals surface area contributed by atoms with Gasteiger partial charge in [0, 0.05) is 51.9 Å². The van der Waals surface area contributed by atoms with Crippen molar-refractivity contribution < 1.29 is 14.3 Å². The molecule has 0 aromatic carbocycles. The largest absolute Gasteiger partial charge is 0.381 e. The normalized spacial score (nSPS) is 21.2. The van der Waals surface area contributed by atoms with Crippen LogP contribution in [0.4, 0.5) is 0 Å². The molecule has 0 unspecified atom stereocenters. The molecule has 0 saturated carbocycles. The third-order valence-electron chi connectivity index (χ3n) is 5.37. The fourth-order valence-electron chi connectivity index (χ4n) is 3.70. The van der Waals surface area contributed by atoms with E-state index >= 15 is 0 Å². The number of hydrogen-bond acceptors (Lipinski definition) is 5. The molecule has 3 heterocycles. The molecule has 2 aliphatic heterocycles. The van der Waals surface area contributed by atoms with Gasteiger partial charge in [0.1, 0.15) is 5.69 Å². The summed E-state index contributed by atoms with van der Waals surface area (Å²) < 4.78 is 12.7. The summed E-state index contributed by atoms with van der Waals surface area (Å²) in [5.74, 6) is -0.0393. The number of aryl methyl sites for hydroxylation is 2. The Hall–Kier alpha value is -1.44. The molecule has 1 aromatic heterocycles. The molecule has 1 aromatic rings. The van der Waals surface area contributed by atoms with Crippen LogP contribution >= 0.6 is 0 Å². The lowest BCUT2D eigenvalue weighted by Crippen LogP contribution is -2.51. The fourth-order valence-corrected chi connectivity index (χ4v) is 3.70. The van der Waals surface area contributed by atoms with Gasteiger partial charge in [0.15, 0.2) is 0 Å². The van der Waals surface area contributed by atoms with E-state index in [1.54, 1.807) is 4.68 Å². The van der Waals surface area contributed by atoms with Gasteiger partial charge in [-0.1, -0.05) is 6.92 Å². The van der Waals surface area contributed by atoms with Gasteiger partial charge in [-0.2, -0.15) is 5.10 Å². The number of hydrogen-bond donors (Lipinski definition) is 1. The van der Waals surface area contributed by atoms with Gasteiger partial charge in [0.05, 0.1) is 18.9 Å². The van der Waals surface area contributed by atoms with Gasteiger partial charge in [-0.25, -0.2) is 0 Å². The van der Waals surface area contributed by atoms with E-state index < -0.39 is 0 Å². The molecule has 0 bridgehead atoms. The molecule has 0 radical (unpaired) electrons. The van der Waals surface area contributed by atoms with Crippen LogP contribution in [0.2, 0.25) is 0 Å². The Bertz CT molecular complexity index is 575. The van der Waals surface area contributed by atoms with Crippen LogP contribution in [0.1, 0.15) is 35.9 Å². The molecule has 7 heteroatoms. The quantitative estimate of drug-likeness (QED) is 0.823. The highest BCUT2D eigenvalue weighted by Gasteiger charge is 2.35. The van der Waals surface area contributed by atoms with Gasteiger partial charge in [-0.15, -0.1) is 0 Å². The molecule has 1 N–H and O–H groups in total. The summed E-state index contributed by atoms with van der Waals surface area (Å²) >= 11 is 0. The number of amides is 1. The third kappa shape index (κ3) is 4.59. The van der Waals surface area contributed by atoms with Gasteiger partial charge >= 0.3 is 0 Å². The average molecular weight is 350 g/mol. The minimum atomic E-state index is -0.0393. The van der Waals surface area contributed by atoms with Crippen molar-refractivity contribution in [2.45, 2.75) is 26.2 Å². The first-order chi connectivity index (χ1) is 12.1. The second-order valence-corrected chi connectivity index (χ2v) is 7.18. The number of nitrogens with zero attached hydrogens (tertiary/aromatic N) is 3. The zero-order valence-corrected chi connectivity index (χ0v) is 15.4. The number of carbonyl (C=O) groups is 1. The highest BCUT2D eigenvalue weighted by Crippen LogP contribution is 2.31. The molecule has 2 saturated heterocycles. The minimum Gasteiger partial charge on any atom is -0.381 e. The summed E-state index contributed by atoms with van der Waals surface area (Å²) in [7, 11) is 1.83. The molecule has 140 valence electrons. The van der Waals surface area contributed by atoms with E-state index in [1.165, 1.54) is 0 Å². The summed E-state index contributed by atoms with van der Waals surface area (Å²) in [4.78, 5) is 15.1. The predicted molar refractivity (Wildman–Crippen MR) is 94.7 cm³/mol. The molecule has 0 atom stereocenters. The minimum absolute atomic E-state index is 0.0393. The second kappa shape index (κ2) is 8.29. The van der Waals surface area contributed by atoms with Crippen LogP contribution in [-0.2, 0) is 22.9 Å². The molecular weight excluding hydrogens is 320 g/mol. The smallest absolute Gasteiger partial charge is 0.269 e. The molecule has 3 rings (SSSR count). The van der Waals surface area contributed by atoms with E-state index in [0.717, 1.165) is 71.0 Å². The average Bonchev–Trinajstić information content (AvgIpc) is 3.02.